The number of hydrogen-bond donors (Lipinski definition) is 0. The summed E-state index contributed by atoms with van der Waals surface area (Å²) < 4.78 is 6.33. The molecule has 1 heterocycles. The van der Waals surface area contributed by atoms with Gasteiger partial charge in [0.1, 0.15) is 11.6 Å². The number of esters is 1. The van der Waals surface area contributed by atoms with Gasteiger partial charge in [0, 0.05) is 36.3 Å². The van der Waals surface area contributed by atoms with Gasteiger partial charge in [-0.1, -0.05) is 29.8 Å². The number of benzene rings is 1. The summed E-state index contributed by atoms with van der Waals surface area (Å²) in [4.78, 5) is 22.6. The summed E-state index contributed by atoms with van der Waals surface area (Å²) in [6.07, 6.45) is 2.80. The molecular weight excluding hydrogens is 334 g/mol. The molecule has 26 heavy (non-hydrogen) atoms. The molecule has 134 valence electrons. The van der Waals surface area contributed by atoms with Gasteiger partial charge in [-0.3, -0.25) is 4.68 Å². The fourth-order valence-corrected chi connectivity index (χ4v) is 2.30. The first-order chi connectivity index (χ1) is 12.4. The molecule has 0 atom stereocenters. The molecule has 0 spiro atoms. The second kappa shape index (κ2) is 8.62. The summed E-state index contributed by atoms with van der Waals surface area (Å²) in [6, 6.07) is 9.40. The lowest BCUT2D eigenvalue weighted by Gasteiger charge is -2.02. The van der Waals surface area contributed by atoms with Gasteiger partial charge in [0.25, 0.3) is 0 Å². The van der Waals surface area contributed by atoms with Gasteiger partial charge in [-0.15, -0.1) is 0 Å². The Morgan fingerprint density at radius 1 is 1.35 bits per heavy atom. The highest BCUT2D eigenvalue weighted by molar-refractivity contribution is 5.98. The molecule has 0 aliphatic rings. The molecule has 2 aromatic rings. The molecule has 0 radical (unpaired) electrons. The Labute approximate surface area is 151 Å². The van der Waals surface area contributed by atoms with Crippen molar-refractivity contribution in [1.29, 1.82) is 5.26 Å². The molecule has 0 bridgehead atoms. The Hall–Kier alpha value is -3.40. The first kappa shape index (κ1) is 18.9. The molecule has 0 saturated heterocycles. The van der Waals surface area contributed by atoms with Crippen LogP contribution >= 0.6 is 0 Å². The molecule has 0 amide bonds. The number of hydrogen-bond acceptors (Lipinski definition) is 6. The minimum Gasteiger partial charge on any atom is -0.550 e. The molecule has 1 aromatic carbocycles. The molecule has 0 N–H and O–H groups in total. The van der Waals surface area contributed by atoms with Crippen molar-refractivity contribution in [3.63, 3.8) is 0 Å². The van der Waals surface area contributed by atoms with Crippen LogP contribution in [0.2, 0.25) is 0 Å². The number of carboxylic acids is 1. The van der Waals surface area contributed by atoms with Crippen molar-refractivity contribution in [2.24, 2.45) is 0 Å². The summed E-state index contributed by atoms with van der Waals surface area (Å²) in [7, 11) is 0. The van der Waals surface area contributed by atoms with Crippen molar-refractivity contribution < 1.29 is 19.4 Å². The predicted octanol–water partition coefficient (Wildman–Crippen LogP) is 1.47. The number of rotatable bonds is 7. The number of carbonyl (C=O) groups excluding carboxylic acids is 2. The third-order valence-electron chi connectivity index (χ3n) is 3.58. The van der Waals surface area contributed by atoms with E-state index in [1.165, 1.54) is 10.8 Å². The lowest BCUT2D eigenvalue weighted by molar-refractivity contribution is -0.306. The highest BCUT2D eigenvalue weighted by Gasteiger charge is 2.15. The number of ether oxygens (including phenoxy) is 1. The predicted molar refractivity (Wildman–Crippen MR) is 92.2 cm³/mol. The maximum absolute atomic E-state index is 11.9. The van der Waals surface area contributed by atoms with Gasteiger partial charge >= 0.3 is 5.97 Å². The van der Waals surface area contributed by atoms with Crippen molar-refractivity contribution in [3.8, 4) is 17.3 Å². The number of carbonyl (C=O) groups is 2. The average molecular weight is 352 g/mol. The highest BCUT2D eigenvalue weighted by Crippen LogP contribution is 2.25. The second-order valence-corrected chi connectivity index (χ2v) is 5.57. The summed E-state index contributed by atoms with van der Waals surface area (Å²) in [5, 5.41) is 24.3. The summed E-state index contributed by atoms with van der Waals surface area (Å²) >= 11 is 0. The molecule has 7 heteroatoms. The van der Waals surface area contributed by atoms with Gasteiger partial charge in [-0.25, -0.2) is 4.79 Å². The van der Waals surface area contributed by atoms with Crippen LogP contribution in [0.15, 0.2) is 36.0 Å². The third kappa shape index (κ3) is 4.80. The van der Waals surface area contributed by atoms with E-state index in [2.05, 4.69) is 5.10 Å². The third-order valence-corrected chi connectivity index (χ3v) is 3.58. The van der Waals surface area contributed by atoms with Crippen molar-refractivity contribution in [2.45, 2.75) is 26.8 Å². The van der Waals surface area contributed by atoms with E-state index in [4.69, 9.17) is 4.74 Å². The summed E-state index contributed by atoms with van der Waals surface area (Å²) in [5.41, 5.74) is 2.78. The zero-order chi connectivity index (χ0) is 19.1. The zero-order valence-electron chi connectivity index (χ0n) is 14.6. The quantitative estimate of drug-likeness (QED) is 0.424. The smallest absolute Gasteiger partial charge is 0.348 e. The van der Waals surface area contributed by atoms with Gasteiger partial charge < -0.3 is 14.6 Å². The topological polar surface area (TPSA) is 108 Å². The first-order valence-electron chi connectivity index (χ1n) is 8.07. The summed E-state index contributed by atoms with van der Waals surface area (Å²) in [6.45, 7) is 3.89. The molecule has 1 aromatic heterocycles. The van der Waals surface area contributed by atoms with Crippen LogP contribution in [0.1, 0.15) is 24.5 Å². The van der Waals surface area contributed by atoms with E-state index in [1.807, 2.05) is 37.3 Å². The van der Waals surface area contributed by atoms with E-state index >= 15 is 0 Å². The minimum absolute atomic E-state index is 0.121. The Morgan fingerprint density at radius 2 is 2.04 bits per heavy atom. The zero-order valence-corrected chi connectivity index (χ0v) is 14.6. The number of aromatic nitrogens is 2. The molecular formula is C19H18N3O4-. The number of nitrogens with zero attached hydrogens (tertiary/aromatic N) is 3. The van der Waals surface area contributed by atoms with Crippen LogP contribution in [0, 0.1) is 18.3 Å². The highest BCUT2D eigenvalue weighted by atomic mass is 16.5. The van der Waals surface area contributed by atoms with Crippen LogP contribution in [-0.2, 0) is 20.9 Å². The van der Waals surface area contributed by atoms with Crippen LogP contribution in [-0.4, -0.2) is 28.3 Å². The number of aliphatic carboxylic acids is 1. The number of aryl methyl sites for hydroxylation is 2. The summed E-state index contributed by atoms with van der Waals surface area (Å²) in [5.74, 6) is -1.90. The van der Waals surface area contributed by atoms with Crippen molar-refractivity contribution in [3.05, 3.63) is 47.2 Å². The van der Waals surface area contributed by atoms with E-state index in [0.29, 0.717) is 11.3 Å². The van der Waals surface area contributed by atoms with Crippen LogP contribution in [0.4, 0.5) is 0 Å². The van der Waals surface area contributed by atoms with E-state index in [1.54, 1.807) is 13.1 Å². The van der Waals surface area contributed by atoms with Crippen molar-refractivity contribution in [2.75, 3.05) is 6.61 Å². The Balaban J connectivity index is 2.47. The Morgan fingerprint density at radius 3 is 2.62 bits per heavy atom. The van der Waals surface area contributed by atoms with E-state index in [0.717, 1.165) is 11.1 Å². The lowest BCUT2D eigenvalue weighted by Crippen LogP contribution is -2.23. The molecule has 2 rings (SSSR count). The molecule has 7 nitrogen and oxygen atoms in total. The Kier molecular flexibility index (Phi) is 6.28. The largest absolute Gasteiger partial charge is 0.550 e. The molecule has 0 aliphatic carbocycles. The van der Waals surface area contributed by atoms with Crippen molar-refractivity contribution >= 4 is 18.0 Å². The molecule has 0 aliphatic heterocycles. The van der Waals surface area contributed by atoms with Crippen LogP contribution in [0.25, 0.3) is 17.3 Å². The van der Waals surface area contributed by atoms with Gasteiger partial charge in [-0.05, 0) is 19.9 Å². The lowest BCUT2D eigenvalue weighted by atomic mass is 10.0. The van der Waals surface area contributed by atoms with Crippen LogP contribution < -0.4 is 5.11 Å². The maximum Gasteiger partial charge on any atom is 0.348 e. The average Bonchev–Trinajstić information content (AvgIpc) is 3.01. The fourth-order valence-electron chi connectivity index (χ4n) is 2.30. The van der Waals surface area contributed by atoms with E-state index in [-0.39, 0.29) is 25.1 Å². The minimum atomic E-state index is -1.18. The second-order valence-electron chi connectivity index (χ2n) is 5.57. The fraction of sp³-hybridized carbons (Fsp3) is 0.263. The first-order valence-corrected chi connectivity index (χ1v) is 8.07. The molecule has 0 unspecified atom stereocenters. The Bertz CT molecular complexity index is 873. The maximum atomic E-state index is 11.9. The molecule has 0 saturated carbocycles. The van der Waals surface area contributed by atoms with Crippen LogP contribution in [0.5, 0.6) is 0 Å². The SMILES string of the molecule is CCOC(=O)/C(C#N)=C\c1cn(CCC(=O)[O-])nc1-c1ccc(C)cc1. The molecule has 0 fully saturated rings. The van der Waals surface area contributed by atoms with Gasteiger partial charge in [-0.2, -0.15) is 10.4 Å². The number of carboxylic acid groups (broad SMARTS) is 1. The van der Waals surface area contributed by atoms with Gasteiger partial charge in [0.2, 0.25) is 0 Å². The number of nitriles is 1. The normalized spacial score (nSPS) is 11.0. The van der Waals surface area contributed by atoms with E-state index in [9.17, 15) is 20.0 Å². The van der Waals surface area contributed by atoms with Gasteiger partial charge in [0.15, 0.2) is 0 Å². The van der Waals surface area contributed by atoms with Crippen molar-refractivity contribution in [1.82, 2.24) is 9.78 Å². The monoisotopic (exact) mass is 352 g/mol. The van der Waals surface area contributed by atoms with E-state index < -0.39 is 11.9 Å². The standard InChI is InChI=1S/C19H19N3O4/c1-3-26-19(25)15(11-20)10-16-12-22(9-8-17(23)24)21-18(16)14-6-4-13(2)5-7-14/h4-7,10,12H,3,8-9H2,1-2H3,(H,23,24)/p-1/b15-10-. The van der Waals surface area contributed by atoms with Gasteiger partial charge in [0.05, 0.1) is 12.3 Å². The van der Waals surface area contributed by atoms with Crippen LogP contribution in [0.3, 0.4) is 0 Å².